The fraction of sp³-hybridized carbons (Fsp3) is 0.100. The molecule has 0 bridgehead atoms. The Morgan fingerprint density at radius 2 is 1.81 bits per heavy atom. The first-order valence-corrected chi connectivity index (χ1v) is 9.25. The van der Waals surface area contributed by atoms with Crippen LogP contribution in [-0.2, 0) is 6.54 Å². The van der Waals surface area contributed by atoms with Gasteiger partial charge in [0, 0.05) is 23.5 Å². The number of halogens is 2. The fourth-order valence-electron chi connectivity index (χ4n) is 3.09. The molecule has 0 amide bonds. The van der Waals surface area contributed by atoms with Gasteiger partial charge in [-0.3, -0.25) is 0 Å². The average molecular weight is 420 g/mol. The van der Waals surface area contributed by atoms with Crippen molar-refractivity contribution in [2.75, 3.05) is 0 Å². The summed E-state index contributed by atoms with van der Waals surface area (Å²) in [6, 6.07) is 16.7. The molecular weight excluding hydrogens is 406 g/mol. The van der Waals surface area contributed by atoms with Crippen LogP contribution in [0, 0.1) is 0 Å². The van der Waals surface area contributed by atoms with Crippen LogP contribution in [0.2, 0.25) is 0 Å². The molecule has 0 spiro atoms. The minimum absolute atomic E-state index is 0.0420. The zero-order chi connectivity index (χ0) is 21.2. The minimum atomic E-state index is -2.80. The van der Waals surface area contributed by atoms with Crippen molar-refractivity contribution in [2.24, 2.45) is 0 Å². The number of tetrazole rings is 1. The molecule has 0 aliphatic heterocycles. The van der Waals surface area contributed by atoms with Crippen molar-refractivity contribution in [1.29, 1.82) is 0 Å². The van der Waals surface area contributed by atoms with E-state index in [-0.39, 0.29) is 5.89 Å². The van der Waals surface area contributed by atoms with Gasteiger partial charge < -0.3 is 4.42 Å². The molecule has 0 aliphatic carbocycles. The third-order valence-corrected chi connectivity index (χ3v) is 4.57. The highest BCUT2D eigenvalue weighted by molar-refractivity contribution is 5.59. The number of alkyl halides is 2. The van der Waals surface area contributed by atoms with E-state index in [9.17, 15) is 8.78 Å². The molecule has 11 heteroatoms. The molecule has 3 heterocycles. The Balaban J connectivity index is 1.37. The van der Waals surface area contributed by atoms with Crippen LogP contribution in [0.5, 0.6) is 0 Å². The summed E-state index contributed by atoms with van der Waals surface area (Å²) in [5.41, 5.74) is 3.20. The van der Waals surface area contributed by atoms with Gasteiger partial charge in [-0.1, -0.05) is 24.3 Å². The van der Waals surface area contributed by atoms with E-state index in [2.05, 4.69) is 30.8 Å². The molecule has 0 radical (unpaired) electrons. The van der Waals surface area contributed by atoms with Gasteiger partial charge in [0.05, 0.1) is 12.2 Å². The average Bonchev–Trinajstić information content (AvgIpc) is 3.56. The highest BCUT2D eigenvalue weighted by atomic mass is 19.3. The van der Waals surface area contributed by atoms with Gasteiger partial charge in [0.25, 0.3) is 5.89 Å². The first-order valence-electron chi connectivity index (χ1n) is 9.25. The summed E-state index contributed by atoms with van der Waals surface area (Å²) < 4.78 is 33.7. The molecule has 0 saturated carbocycles. The van der Waals surface area contributed by atoms with Crippen molar-refractivity contribution in [3.63, 3.8) is 0 Å². The molecular formula is C20H14F2N8O. The maximum Gasteiger partial charge on any atom is 0.314 e. The maximum atomic E-state index is 12.6. The molecule has 0 fully saturated rings. The summed E-state index contributed by atoms with van der Waals surface area (Å²) in [7, 11) is 0. The molecule has 9 nitrogen and oxygen atoms in total. The van der Waals surface area contributed by atoms with Gasteiger partial charge in [-0.25, -0.2) is 9.36 Å². The molecule has 0 atom stereocenters. The quantitative estimate of drug-likeness (QED) is 0.414. The van der Waals surface area contributed by atoms with E-state index >= 15 is 0 Å². The van der Waals surface area contributed by atoms with Crippen molar-refractivity contribution < 1.29 is 13.2 Å². The van der Waals surface area contributed by atoms with E-state index in [0.717, 1.165) is 16.8 Å². The van der Waals surface area contributed by atoms with Gasteiger partial charge in [-0.2, -0.15) is 13.9 Å². The van der Waals surface area contributed by atoms with Gasteiger partial charge >= 0.3 is 6.43 Å². The number of hydrogen-bond donors (Lipinski definition) is 0. The lowest BCUT2D eigenvalue weighted by Gasteiger charge is -2.07. The first kappa shape index (κ1) is 18.7. The molecule has 31 heavy (non-hydrogen) atoms. The maximum absolute atomic E-state index is 12.6. The van der Waals surface area contributed by atoms with E-state index in [0.29, 0.717) is 17.9 Å². The first-order chi connectivity index (χ1) is 15.2. The number of hydrogen-bond acceptors (Lipinski definition) is 7. The number of nitrogens with zero attached hydrogens (tertiary/aromatic N) is 8. The molecule has 0 saturated heterocycles. The Bertz CT molecular complexity index is 1290. The zero-order valence-corrected chi connectivity index (χ0v) is 15.9. The normalized spacial score (nSPS) is 11.3. The Hall–Kier alpha value is -4.28. The largest absolute Gasteiger partial charge is 0.415 e. The number of benzene rings is 2. The molecule has 3 aromatic heterocycles. The Morgan fingerprint density at radius 3 is 2.55 bits per heavy atom. The summed E-state index contributed by atoms with van der Waals surface area (Å²) in [6.07, 6.45) is 0.769. The monoisotopic (exact) mass is 420 g/mol. The van der Waals surface area contributed by atoms with Gasteiger partial charge in [-0.05, 0) is 46.3 Å². The van der Waals surface area contributed by atoms with Crippen LogP contribution in [0.1, 0.15) is 17.9 Å². The predicted molar refractivity (Wildman–Crippen MR) is 104 cm³/mol. The van der Waals surface area contributed by atoms with Crippen molar-refractivity contribution >= 4 is 0 Å². The van der Waals surface area contributed by atoms with Crippen LogP contribution in [0.15, 0.2) is 71.4 Å². The lowest BCUT2D eigenvalue weighted by Crippen LogP contribution is -2.05. The Morgan fingerprint density at radius 1 is 0.935 bits per heavy atom. The van der Waals surface area contributed by atoms with E-state index in [1.165, 1.54) is 0 Å². The Kier molecular flexibility index (Phi) is 4.75. The second-order valence-corrected chi connectivity index (χ2v) is 6.60. The second-order valence-electron chi connectivity index (χ2n) is 6.60. The van der Waals surface area contributed by atoms with E-state index in [1.807, 2.05) is 48.7 Å². The number of aromatic nitrogens is 8. The Labute approximate surface area is 174 Å². The van der Waals surface area contributed by atoms with Crippen molar-refractivity contribution in [3.05, 3.63) is 78.4 Å². The number of rotatable bonds is 6. The van der Waals surface area contributed by atoms with Crippen LogP contribution >= 0.6 is 0 Å². The molecule has 0 aliphatic rings. The fourth-order valence-corrected chi connectivity index (χ4v) is 3.09. The standard InChI is InChI=1S/C20H14F2N8O/c21-17(22)20-26-25-19(31-20)14-7-5-13(6-8-14)12-30-18(24-27-28-30)15-3-1-4-16(11-15)29-10-2-9-23-29/h1-11,17H,12H2. The molecule has 154 valence electrons. The molecule has 5 rings (SSSR count). The highest BCUT2D eigenvalue weighted by Crippen LogP contribution is 2.24. The van der Waals surface area contributed by atoms with Gasteiger partial charge in [0.1, 0.15) is 0 Å². The SMILES string of the molecule is FC(F)c1nnc(-c2ccc(Cn3nnnc3-c3cccc(-n4cccn4)c3)cc2)o1. The minimum Gasteiger partial charge on any atom is -0.415 e. The summed E-state index contributed by atoms with van der Waals surface area (Å²) in [6.45, 7) is 0.417. The third-order valence-electron chi connectivity index (χ3n) is 4.57. The van der Waals surface area contributed by atoms with Gasteiger partial charge in [0.2, 0.25) is 5.89 Å². The van der Waals surface area contributed by atoms with Gasteiger partial charge in [-0.15, -0.1) is 15.3 Å². The second kappa shape index (κ2) is 7.86. The zero-order valence-electron chi connectivity index (χ0n) is 15.9. The van der Waals surface area contributed by atoms with E-state index in [1.54, 1.807) is 27.7 Å². The lowest BCUT2D eigenvalue weighted by atomic mass is 10.1. The summed E-state index contributed by atoms with van der Waals surface area (Å²) in [5.74, 6) is -0.0493. The topological polar surface area (TPSA) is 100 Å². The van der Waals surface area contributed by atoms with Crippen LogP contribution < -0.4 is 0 Å². The van der Waals surface area contributed by atoms with E-state index < -0.39 is 12.3 Å². The smallest absolute Gasteiger partial charge is 0.314 e. The molecule has 0 unspecified atom stereocenters. The predicted octanol–water partition coefficient (Wildman–Crippen LogP) is 3.56. The summed E-state index contributed by atoms with van der Waals surface area (Å²) in [4.78, 5) is 0. The molecule has 5 aromatic rings. The van der Waals surface area contributed by atoms with Crippen LogP contribution in [0.25, 0.3) is 28.5 Å². The van der Waals surface area contributed by atoms with Crippen molar-refractivity contribution in [1.82, 2.24) is 40.2 Å². The van der Waals surface area contributed by atoms with Crippen LogP contribution in [0.4, 0.5) is 8.78 Å². The molecule has 0 N–H and O–H groups in total. The molecule has 2 aromatic carbocycles. The summed E-state index contributed by atoms with van der Waals surface area (Å²) >= 11 is 0. The van der Waals surface area contributed by atoms with Crippen molar-refractivity contribution in [2.45, 2.75) is 13.0 Å². The lowest BCUT2D eigenvalue weighted by molar-refractivity contribution is 0.116. The highest BCUT2D eigenvalue weighted by Gasteiger charge is 2.17. The summed E-state index contributed by atoms with van der Waals surface area (Å²) in [5, 5.41) is 23.3. The van der Waals surface area contributed by atoms with Gasteiger partial charge in [0.15, 0.2) is 5.82 Å². The third kappa shape index (κ3) is 3.80. The van der Waals surface area contributed by atoms with Crippen LogP contribution in [0.3, 0.4) is 0 Å². The van der Waals surface area contributed by atoms with Crippen molar-refractivity contribution in [3.8, 4) is 28.5 Å². The van der Waals surface area contributed by atoms with Crippen LogP contribution in [-0.4, -0.2) is 40.2 Å². The van der Waals surface area contributed by atoms with E-state index in [4.69, 9.17) is 4.42 Å².